The quantitative estimate of drug-likeness (QED) is 0.725. The average molecular weight is 397 g/mol. The lowest BCUT2D eigenvalue weighted by Gasteiger charge is -2.36. The molecule has 0 aromatic heterocycles. The van der Waals surface area contributed by atoms with Crippen LogP contribution < -0.4 is 15.0 Å². The molecule has 29 heavy (non-hydrogen) atoms. The summed E-state index contributed by atoms with van der Waals surface area (Å²) in [6.45, 7) is 9.57. The minimum Gasteiger partial charge on any atom is -0.490 e. The Kier molecular flexibility index (Phi) is 6.88. The number of hydrogen-bond acceptors (Lipinski definition) is 4. The second-order valence-electron chi connectivity index (χ2n) is 7.31. The molecule has 1 unspecified atom stereocenters. The maximum Gasteiger partial charge on any atom is 0.251 e. The van der Waals surface area contributed by atoms with Crippen LogP contribution in [0.4, 0.5) is 10.1 Å². The first-order chi connectivity index (χ1) is 14.0. The molecular formula is C23H28FN3O2. The molecule has 5 nitrogen and oxygen atoms in total. The summed E-state index contributed by atoms with van der Waals surface area (Å²) in [5.41, 5.74) is 2.29. The van der Waals surface area contributed by atoms with Crippen LogP contribution in [-0.2, 0) is 0 Å². The van der Waals surface area contributed by atoms with Crippen molar-refractivity contribution in [3.63, 3.8) is 0 Å². The number of ether oxygens (including phenoxy) is 1. The van der Waals surface area contributed by atoms with E-state index in [1.165, 1.54) is 12.1 Å². The van der Waals surface area contributed by atoms with Crippen LogP contribution in [0.2, 0.25) is 0 Å². The third-order valence-electron chi connectivity index (χ3n) is 5.13. The third kappa shape index (κ3) is 5.35. The van der Waals surface area contributed by atoms with E-state index in [2.05, 4.69) is 28.7 Å². The maximum absolute atomic E-state index is 14.0. The smallest absolute Gasteiger partial charge is 0.251 e. The van der Waals surface area contributed by atoms with Crippen molar-refractivity contribution < 1.29 is 13.9 Å². The molecule has 6 heteroatoms. The molecule has 0 aliphatic carbocycles. The van der Waals surface area contributed by atoms with E-state index in [0.717, 1.165) is 37.4 Å². The molecule has 2 aromatic rings. The minimum absolute atomic E-state index is 0.207. The van der Waals surface area contributed by atoms with Crippen molar-refractivity contribution in [3.05, 3.63) is 72.1 Å². The molecule has 1 aliphatic rings. The van der Waals surface area contributed by atoms with E-state index in [-0.39, 0.29) is 17.8 Å². The normalized spacial score (nSPS) is 15.6. The summed E-state index contributed by atoms with van der Waals surface area (Å²) in [5, 5.41) is 2.99. The zero-order chi connectivity index (χ0) is 20.8. The van der Waals surface area contributed by atoms with Gasteiger partial charge in [0.05, 0.1) is 6.04 Å². The monoisotopic (exact) mass is 397 g/mol. The molecule has 3 rings (SSSR count). The lowest BCUT2D eigenvalue weighted by molar-refractivity contribution is 0.0940. The molecule has 0 radical (unpaired) electrons. The van der Waals surface area contributed by atoms with Crippen molar-refractivity contribution in [2.75, 3.05) is 44.7 Å². The number of benzene rings is 2. The number of piperazine rings is 1. The SMILES string of the molecule is C=CCOc1ccc(C(=O)NC(C)c2cc(F)ccc2N2CCN(C)CC2)cc1. The Morgan fingerprint density at radius 3 is 2.55 bits per heavy atom. The van der Waals surface area contributed by atoms with E-state index in [1.54, 1.807) is 30.3 Å². The summed E-state index contributed by atoms with van der Waals surface area (Å²) in [6, 6.07) is 11.4. The highest BCUT2D eigenvalue weighted by molar-refractivity contribution is 5.94. The van der Waals surface area contributed by atoms with E-state index in [4.69, 9.17) is 4.74 Å². The molecule has 1 atom stereocenters. The number of hydrogen-bond donors (Lipinski definition) is 1. The van der Waals surface area contributed by atoms with Gasteiger partial charge in [-0.15, -0.1) is 0 Å². The number of amides is 1. The predicted octanol–water partition coefficient (Wildman–Crippen LogP) is 3.63. The molecule has 2 aromatic carbocycles. The standard InChI is InChI=1S/C23H28FN3O2/c1-4-15-29-20-8-5-18(6-9-20)23(28)25-17(2)21-16-19(24)7-10-22(21)27-13-11-26(3)12-14-27/h4-10,16-17H,1,11-15H2,2-3H3,(H,25,28). The molecule has 0 bridgehead atoms. The largest absolute Gasteiger partial charge is 0.490 e. The third-order valence-corrected chi connectivity index (χ3v) is 5.13. The second kappa shape index (κ2) is 9.56. The Labute approximate surface area is 171 Å². The van der Waals surface area contributed by atoms with E-state index in [0.29, 0.717) is 17.9 Å². The fourth-order valence-corrected chi connectivity index (χ4v) is 3.42. The van der Waals surface area contributed by atoms with Crippen LogP contribution in [0.15, 0.2) is 55.1 Å². The molecule has 1 N–H and O–H groups in total. The highest BCUT2D eigenvalue weighted by Crippen LogP contribution is 2.28. The predicted molar refractivity (Wildman–Crippen MR) is 114 cm³/mol. The van der Waals surface area contributed by atoms with E-state index in [1.807, 2.05) is 13.0 Å². The van der Waals surface area contributed by atoms with Crippen LogP contribution in [0.25, 0.3) is 0 Å². The summed E-state index contributed by atoms with van der Waals surface area (Å²) in [7, 11) is 2.10. The van der Waals surface area contributed by atoms with Crippen molar-refractivity contribution in [2.24, 2.45) is 0 Å². The van der Waals surface area contributed by atoms with Crippen LogP contribution in [0, 0.1) is 5.82 Å². The van der Waals surface area contributed by atoms with Gasteiger partial charge in [-0.2, -0.15) is 0 Å². The van der Waals surface area contributed by atoms with Gasteiger partial charge in [-0.25, -0.2) is 4.39 Å². The molecule has 154 valence electrons. The zero-order valence-corrected chi connectivity index (χ0v) is 17.0. The highest BCUT2D eigenvalue weighted by Gasteiger charge is 2.21. The summed E-state index contributed by atoms with van der Waals surface area (Å²) < 4.78 is 19.4. The van der Waals surface area contributed by atoms with Gasteiger partial charge in [-0.05, 0) is 56.4 Å². The van der Waals surface area contributed by atoms with Gasteiger partial charge in [0, 0.05) is 43.0 Å². The van der Waals surface area contributed by atoms with Crippen molar-refractivity contribution in [3.8, 4) is 5.75 Å². The first-order valence-electron chi connectivity index (χ1n) is 9.85. The van der Waals surface area contributed by atoms with Gasteiger partial charge < -0.3 is 19.9 Å². The van der Waals surface area contributed by atoms with Gasteiger partial charge in [0.1, 0.15) is 18.2 Å². The summed E-state index contributed by atoms with van der Waals surface area (Å²) in [6.07, 6.45) is 1.67. The second-order valence-corrected chi connectivity index (χ2v) is 7.31. The maximum atomic E-state index is 14.0. The lowest BCUT2D eigenvalue weighted by atomic mass is 10.0. The van der Waals surface area contributed by atoms with Crippen molar-refractivity contribution in [2.45, 2.75) is 13.0 Å². The first-order valence-corrected chi connectivity index (χ1v) is 9.85. The zero-order valence-electron chi connectivity index (χ0n) is 17.0. The van der Waals surface area contributed by atoms with Gasteiger partial charge in [-0.3, -0.25) is 4.79 Å². The van der Waals surface area contributed by atoms with Crippen LogP contribution in [0.3, 0.4) is 0 Å². The Hall–Kier alpha value is -2.86. The summed E-state index contributed by atoms with van der Waals surface area (Å²) in [4.78, 5) is 17.2. The van der Waals surface area contributed by atoms with Gasteiger partial charge in [-0.1, -0.05) is 12.7 Å². The number of rotatable bonds is 7. The van der Waals surface area contributed by atoms with Crippen molar-refractivity contribution in [1.29, 1.82) is 0 Å². The molecule has 1 amide bonds. The molecule has 0 saturated carbocycles. The van der Waals surface area contributed by atoms with Gasteiger partial charge in [0.25, 0.3) is 5.91 Å². The van der Waals surface area contributed by atoms with Crippen LogP contribution in [0.1, 0.15) is 28.9 Å². The molecule has 0 spiro atoms. The van der Waals surface area contributed by atoms with Gasteiger partial charge in [0.15, 0.2) is 0 Å². The lowest BCUT2D eigenvalue weighted by Crippen LogP contribution is -2.45. The molecular weight excluding hydrogens is 369 g/mol. The molecule has 1 heterocycles. The Morgan fingerprint density at radius 2 is 1.90 bits per heavy atom. The Balaban J connectivity index is 1.72. The Bertz CT molecular complexity index is 846. The van der Waals surface area contributed by atoms with E-state index >= 15 is 0 Å². The van der Waals surface area contributed by atoms with Gasteiger partial charge >= 0.3 is 0 Å². The van der Waals surface area contributed by atoms with Crippen LogP contribution >= 0.6 is 0 Å². The fraction of sp³-hybridized carbons (Fsp3) is 0.348. The van der Waals surface area contributed by atoms with E-state index in [9.17, 15) is 9.18 Å². The molecule has 1 saturated heterocycles. The molecule has 1 fully saturated rings. The number of carbonyl (C=O) groups excluding carboxylic acids is 1. The minimum atomic E-state index is -0.329. The average Bonchev–Trinajstić information content (AvgIpc) is 2.73. The number of nitrogens with one attached hydrogen (secondary N) is 1. The van der Waals surface area contributed by atoms with Crippen molar-refractivity contribution in [1.82, 2.24) is 10.2 Å². The first kappa shape index (κ1) is 20.9. The summed E-state index contributed by atoms with van der Waals surface area (Å²) in [5.74, 6) is 0.168. The molecule has 1 aliphatic heterocycles. The topological polar surface area (TPSA) is 44.8 Å². The van der Waals surface area contributed by atoms with Crippen LogP contribution in [0.5, 0.6) is 5.75 Å². The number of carbonyl (C=O) groups is 1. The van der Waals surface area contributed by atoms with Crippen LogP contribution in [-0.4, -0.2) is 50.6 Å². The number of anilines is 1. The number of likely N-dealkylation sites (N-methyl/N-ethyl adjacent to an activating group) is 1. The fourth-order valence-electron chi connectivity index (χ4n) is 3.42. The number of halogens is 1. The summed E-state index contributed by atoms with van der Waals surface area (Å²) >= 11 is 0. The Morgan fingerprint density at radius 1 is 1.21 bits per heavy atom. The van der Waals surface area contributed by atoms with Crippen molar-refractivity contribution >= 4 is 11.6 Å². The highest BCUT2D eigenvalue weighted by atomic mass is 19.1. The van der Waals surface area contributed by atoms with Gasteiger partial charge in [0.2, 0.25) is 0 Å². The van der Waals surface area contributed by atoms with E-state index < -0.39 is 0 Å². The number of nitrogens with zero attached hydrogens (tertiary/aromatic N) is 2.